The number of aliphatic carboxylic acids is 1. The number of hydrogen-bond donors (Lipinski definition) is 2. The van der Waals surface area contributed by atoms with Crippen molar-refractivity contribution in [2.24, 2.45) is 11.8 Å². The quantitative estimate of drug-likeness (QED) is 0.563. The fourth-order valence-corrected chi connectivity index (χ4v) is 3.57. The smallest absolute Gasteiger partial charge is 0.303 e. The number of carboxylic acids is 1. The van der Waals surface area contributed by atoms with Crippen LogP contribution in [0.5, 0.6) is 0 Å². The van der Waals surface area contributed by atoms with Crippen LogP contribution in [0, 0.1) is 11.8 Å². The van der Waals surface area contributed by atoms with E-state index in [9.17, 15) is 14.3 Å². The minimum absolute atomic E-state index is 0.00248. The second-order valence-corrected chi connectivity index (χ2v) is 6.27. The molecule has 1 aromatic rings. The van der Waals surface area contributed by atoms with E-state index in [1.807, 2.05) is 42.5 Å². The molecule has 2 rings (SSSR count). The molecule has 0 saturated heterocycles. The van der Waals surface area contributed by atoms with Crippen molar-refractivity contribution in [3.8, 4) is 0 Å². The molecule has 0 heterocycles. The van der Waals surface area contributed by atoms with Crippen LogP contribution in [0.15, 0.2) is 42.5 Å². The molecule has 0 aliphatic heterocycles. The van der Waals surface area contributed by atoms with Gasteiger partial charge in [-0.05, 0) is 49.0 Å². The average molecular weight is 320 g/mol. The van der Waals surface area contributed by atoms with Gasteiger partial charge in [-0.15, -0.1) is 0 Å². The molecule has 1 saturated carbocycles. The number of unbranched alkanes of at least 4 members (excludes halogenated alkanes) is 1. The molecule has 1 fully saturated rings. The number of aliphatic hydroxyl groups excluding tert-OH is 1. The highest BCUT2D eigenvalue weighted by Crippen LogP contribution is 2.46. The molecule has 1 aliphatic carbocycles. The van der Waals surface area contributed by atoms with E-state index in [2.05, 4.69) is 0 Å². The first-order valence-electron chi connectivity index (χ1n) is 8.30. The summed E-state index contributed by atoms with van der Waals surface area (Å²) in [5.74, 6) is -0.942. The first kappa shape index (κ1) is 17.7. The van der Waals surface area contributed by atoms with Crippen molar-refractivity contribution >= 4 is 5.97 Å². The van der Waals surface area contributed by atoms with Gasteiger partial charge in [-0.3, -0.25) is 4.79 Å². The lowest BCUT2D eigenvalue weighted by Gasteiger charge is -2.22. The fourth-order valence-electron chi connectivity index (χ4n) is 3.57. The van der Waals surface area contributed by atoms with Crippen LogP contribution < -0.4 is 0 Å². The molecule has 3 nitrogen and oxygen atoms in total. The van der Waals surface area contributed by atoms with Crippen molar-refractivity contribution in [3.05, 3.63) is 48.0 Å². The highest BCUT2D eigenvalue weighted by molar-refractivity contribution is 5.66. The predicted molar refractivity (Wildman–Crippen MR) is 88.0 cm³/mol. The van der Waals surface area contributed by atoms with Gasteiger partial charge in [-0.2, -0.15) is 0 Å². The van der Waals surface area contributed by atoms with Crippen LogP contribution in [0.1, 0.15) is 43.6 Å². The lowest BCUT2D eigenvalue weighted by atomic mass is 9.84. The summed E-state index contributed by atoms with van der Waals surface area (Å²) in [5, 5.41) is 18.3. The third-order valence-electron chi connectivity index (χ3n) is 4.79. The topological polar surface area (TPSA) is 57.5 Å². The lowest BCUT2D eigenvalue weighted by molar-refractivity contribution is -0.137. The maximum Gasteiger partial charge on any atom is 0.303 e. The molecule has 4 heteroatoms. The number of alkyl halides is 1. The minimum atomic E-state index is -0.902. The Balaban J connectivity index is 1.91. The number of aliphatic hydroxyl groups is 1. The molecule has 0 bridgehead atoms. The minimum Gasteiger partial charge on any atom is -0.481 e. The van der Waals surface area contributed by atoms with E-state index in [4.69, 9.17) is 5.11 Å². The number of halogens is 1. The number of carbonyl (C=O) groups is 1. The Hall–Kier alpha value is -1.68. The van der Waals surface area contributed by atoms with E-state index in [0.717, 1.165) is 5.56 Å². The number of rotatable bonds is 8. The molecule has 0 spiro atoms. The number of carboxylic acid groups (broad SMARTS) is 1. The maximum atomic E-state index is 14.4. The molecule has 1 aromatic carbocycles. The molecule has 23 heavy (non-hydrogen) atoms. The summed E-state index contributed by atoms with van der Waals surface area (Å²) in [6.07, 6.45) is 5.49. The van der Waals surface area contributed by atoms with Gasteiger partial charge in [0, 0.05) is 13.0 Å². The molecule has 0 aromatic heterocycles. The molecule has 0 amide bonds. The maximum absolute atomic E-state index is 14.4. The molecule has 2 N–H and O–H groups in total. The Morgan fingerprint density at radius 1 is 1.22 bits per heavy atom. The van der Waals surface area contributed by atoms with Gasteiger partial charge in [0.15, 0.2) is 0 Å². The lowest BCUT2D eigenvalue weighted by Crippen LogP contribution is -2.20. The second-order valence-electron chi connectivity index (χ2n) is 6.27. The van der Waals surface area contributed by atoms with Gasteiger partial charge in [0.05, 0.1) is 0 Å². The third-order valence-corrected chi connectivity index (χ3v) is 4.79. The van der Waals surface area contributed by atoms with Crippen LogP contribution >= 0.6 is 0 Å². The first-order chi connectivity index (χ1) is 11.1. The Labute approximate surface area is 136 Å². The molecular weight excluding hydrogens is 295 g/mol. The Morgan fingerprint density at radius 2 is 1.96 bits per heavy atom. The van der Waals surface area contributed by atoms with Gasteiger partial charge in [0.1, 0.15) is 6.17 Å². The Kier molecular flexibility index (Phi) is 6.78. The number of allylic oxidation sites excluding steroid dienone is 2. The predicted octanol–water partition coefficient (Wildman–Crippen LogP) is 3.94. The van der Waals surface area contributed by atoms with E-state index >= 15 is 0 Å². The summed E-state index contributed by atoms with van der Waals surface area (Å²) < 4.78 is 14.4. The third kappa shape index (κ3) is 4.90. The fraction of sp³-hybridized carbons (Fsp3) is 0.526. The van der Waals surface area contributed by atoms with Crippen LogP contribution in [0.4, 0.5) is 4.39 Å². The van der Waals surface area contributed by atoms with Crippen LogP contribution in [-0.2, 0) is 4.79 Å². The summed E-state index contributed by atoms with van der Waals surface area (Å²) >= 11 is 0. The molecule has 0 radical (unpaired) electrons. The normalized spacial score (nSPS) is 27.6. The highest BCUT2D eigenvalue weighted by Gasteiger charge is 2.42. The summed E-state index contributed by atoms with van der Waals surface area (Å²) in [7, 11) is 0. The molecule has 1 unspecified atom stereocenters. The monoisotopic (exact) mass is 320 g/mol. The summed E-state index contributed by atoms with van der Waals surface area (Å²) in [6.45, 7) is -0.00248. The van der Waals surface area contributed by atoms with E-state index in [-0.39, 0.29) is 30.8 Å². The standard InChI is InChI=1S/C19H25FO3/c20-18-12-16(14-8-4-3-5-9-14)17(13-21)15(18)10-6-1-2-7-11-19(22)23/h1,3-6,8-9,15-18,21H,2,7,10-13H2,(H,22,23)/b6-1-/t15-,16?,17-,18-/m0/s1. The number of hydrogen-bond acceptors (Lipinski definition) is 2. The number of benzene rings is 1. The average Bonchev–Trinajstić information content (AvgIpc) is 2.87. The zero-order valence-electron chi connectivity index (χ0n) is 13.3. The highest BCUT2D eigenvalue weighted by atomic mass is 19.1. The van der Waals surface area contributed by atoms with Gasteiger partial charge in [0.2, 0.25) is 0 Å². The molecular formula is C19H25FO3. The summed E-state index contributed by atoms with van der Waals surface area (Å²) in [4.78, 5) is 10.4. The van der Waals surface area contributed by atoms with Gasteiger partial charge >= 0.3 is 5.97 Å². The second kappa shape index (κ2) is 8.82. The van der Waals surface area contributed by atoms with Gasteiger partial charge in [-0.25, -0.2) is 4.39 Å². The molecule has 1 aliphatic rings. The first-order valence-corrected chi connectivity index (χ1v) is 8.30. The summed E-state index contributed by atoms with van der Waals surface area (Å²) in [5.41, 5.74) is 1.10. The largest absolute Gasteiger partial charge is 0.481 e. The van der Waals surface area contributed by atoms with Crippen molar-refractivity contribution in [1.82, 2.24) is 0 Å². The van der Waals surface area contributed by atoms with Crippen molar-refractivity contribution in [1.29, 1.82) is 0 Å². The van der Waals surface area contributed by atoms with Crippen molar-refractivity contribution in [2.45, 2.75) is 44.2 Å². The van der Waals surface area contributed by atoms with E-state index in [0.29, 0.717) is 25.7 Å². The molecule has 4 atom stereocenters. The zero-order chi connectivity index (χ0) is 16.7. The Bertz CT molecular complexity index is 515. The van der Waals surface area contributed by atoms with Crippen LogP contribution in [0.25, 0.3) is 0 Å². The van der Waals surface area contributed by atoms with Crippen molar-refractivity contribution < 1.29 is 19.4 Å². The van der Waals surface area contributed by atoms with Crippen LogP contribution in [0.3, 0.4) is 0 Å². The van der Waals surface area contributed by atoms with Gasteiger partial charge in [-0.1, -0.05) is 42.5 Å². The zero-order valence-corrected chi connectivity index (χ0v) is 13.3. The van der Waals surface area contributed by atoms with Gasteiger partial charge in [0.25, 0.3) is 0 Å². The summed E-state index contributed by atoms with van der Waals surface area (Å²) in [6, 6.07) is 9.85. The van der Waals surface area contributed by atoms with Crippen LogP contribution in [-0.4, -0.2) is 29.0 Å². The SMILES string of the molecule is O=C(O)CCC/C=C\C[C@H]1[C@H](CO)C(c2ccccc2)C[C@@H]1F. The van der Waals surface area contributed by atoms with E-state index in [1.54, 1.807) is 0 Å². The van der Waals surface area contributed by atoms with E-state index < -0.39 is 12.1 Å². The van der Waals surface area contributed by atoms with Crippen LogP contribution in [0.2, 0.25) is 0 Å². The Morgan fingerprint density at radius 3 is 2.61 bits per heavy atom. The van der Waals surface area contributed by atoms with Crippen molar-refractivity contribution in [2.75, 3.05) is 6.61 Å². The molecule has 126 valence electrons. The van der Waals surface area contributed by atoms with Crippen molar-refractivity contribution in [3.63, 3.8) is 0 Å². The van der Waals surface area contributed by atoms with Gasteiger partial charge < -0.3 is 10.2 Å². The van der Waals surface area contributed by atoms with E-state index in [1.165, 1.54) is 0 Å².